The minimum Gasteiger partial charge on any atom is -0.355 e. The normalized spacial score (nSPS) is 18.0. The van der Waals surface area contributed by atoms with Gasteiger partial charge in [-0.05, 0) is 43.7 Å². The summed E-state index contributed by atoms with van der Waals surface area (Å²) in [5, 5.41) is 2.49. The van der Waals surface area contributed by atoms with Crippen LogP contribution in [-0.4, -0.2) is 55.6 Å². The summed E-state index contributed by atoms with van der Waals surface area (Å²) >= 11 is 0. The molecule has 1 aliphatic heterocycles. The van der Waals surface area contributed by atoms with E-state index in [0.717, 1.165) is 11.1 Å². The monoisotopic (exact) mass is 415 g/mol. The first-order valence-corrected chi connectivity index (χ1v) is 10.9. The predicted molar refractivity (Wildman–Crippen MR) is 110 cm³/mol. The zero-order chi connectivity index (χ0) is 21.2. The second-order valence-electron chi connectivity index (χ2n) is 7.14. The molecule has 7 nitrogen and oxygen atoms in total. The van der Waals surface area contributed by atoms with Crippen molar-refractivity contribution in [2.24, 2.45) is 0 Å². The zero-order valence-corrected chi connectivity index (χ0v) is 17.6. The van der Waals surface area contributed by atoms with Gasteiger partial charge in [-0.2, -0.15) is 4.31 Å². The van der Waals surface area contributed by atoms with Crippen LogP contribution in [0.5, 0.6) is 0 Å². The molecule has 0 radical (unpaired) electrons. The maximum atomic E-state index is 13.1. The number of amides is 2. The highest BCUT2D eigenvalue weighted by molar-refractivity contribution is 7.89. The van der Waals surface area contributed by atoms with E-state index < -0.39 is 16.1 Å². The average molecular weight is 416 g/mol. The summed E-state index contributed by atoms with van der Waals surface area (Å²) in [5.41, 5.74) is 2.51. The molecule has 0 aromatic heterocycles. The molecule has 2 aromatic carbocycles. The largest absolute Gasteiger partial charge is 0.355 e. The zero-order valence-electron chi connectivity index (χ0n) is 16.8. The van der Waals surface area contributed by atoms with E-state index in [4.69, 9.17) is 0 Å². The van der Waals surface area contributed by atoms with Crippen LogP contribution in [0.3, 0.4) is 0 Å². The lowest BCUT2D eigenvalue weighted by atomic mass is 10.1. The Bertz CT molecular complexity index is 1020. The maximum absolute atomic E-state index is 13.1. The lowest BCUT2D eigenvalue weighted by molar-refractivity contribution is -0.138. The van der Waals surface area contributed by atoms with E-state index in [1.165, 1.54) is 35.6 Å². The molecule has 1 atom stereocenters. The Morgan fingerprint density at radius 3 is 2.45 bits per heavy atom. The second-order valence-corrected chi connectivity index (χ2v) is 9.03. The van der Waals surface area contributed by atoms with Crippen LogP contribution in [0.2, 0.25) is 0 Å². The van der Waals surface area contributed by atoms with Crippen molar-refractivity contribution >= 4 is 21.8 Å². The van der Waals surface area contributed by atoms with Gasteiger partial charge in [0.1, 0.15) is 6.04 Å². The molecular weight excluding hydrogens is 390 g/mol. The van der Waals surface area contributed by atoms with E-state index in [-0.39, 0.29) is 23.3 Å². The fourth-order valence-electron chi connectivity index (χ4n) is 3.48. The summed E-state index contributed by atoms with van der Waals surface area (Å²) < 4.78 is 27.3. The SMILES string of the molecule is CNC(=O)c1ccc(S(=O)(=O)N2CCN(Cc3cccc(C)c3)C(=O)C2C)cc1. The Morgan fingerprint density at radius 2 is 1.83 bits per heavy atom. The summed E-state index contributed by atoms with van der Waals surface area (Å²) in [5.74, 6) is -0.509. The maximum Gasteiger partial charge on any atom is 0.251 e. The number of hydrogen-bond donors (Lipinski definition) is 1. The Balaban J connectivity index is 1.76. The molecule has 154 valence electrons. The third-order valence-electron chi connectivity index (χ3n) is 5.10. The predicted octanol–water partition coefficient (Wildman–Crippen LogP) is 1.78. The van der Waals surface area contributed by atoms with Gasteiger partial charge in [0, 0.05) is 32.2 Å². The van der Waals surface area contributed by atoms with Crippen molar-refractivity contribution in [3.8, 4) is 0 Å². The van der Waals surface area contributed by atoms with E-state index in [9.17, 15) is 18.0 Å². The quantitative estimate of drug-likeness (QED) is 0.806. The van der Waals surface area contributed by atoms with Gasteiger partial charge in [0.25, 0.3) is 5.91 Å². The summed E-state index contributed by atoms with van der Waals surface area (Å²) in [7, 11) is -2.33. The molecule has 2 aromatic rings. The van der Waals surface area contributed by atoms with E-state index in [1.807, 2.05) is 31.2 Å². The molecule has 0 saturated carbocycles. The van der Waals surface area contributed by atoms with Gasteiger partial charge in [-0.1, -0.05) is 29.8 Å². The van der Waals surface area contributed by atoms with Crippen molar-refractivity contribution in [3.63, 3.8) is 0 Å². The number of nitrogens with zero attached hydrogens (tertiary/aromatic N) is 2. The highest BCUT2D eigenvalue weighted by Crippen LogP contribution is 2.23. The minimum atomic E-state index is -3.84. The third kappa shape index (κ3) is 4.33. The van der Waals surface area contributed by atoms with Crippen LogP contribution in [0.1, 0.15) is 28.4 Å². The molecule has 1 fully saturated rings. The minimum absolute atomic E-state index is 0.0666. The van der Waals surface area contributed by atoms with Crippen LogP contribution in [0.25, 0.3) is 0 Å². The smallest absolute Gasteiger partial charge is 0.251 e. The number of benzene rings is 2. The number of piperazine rings is 1. The molecule has 8 heteroatoms. The molecule has 29 heavy (non-hydrogen) atoms. The van der Waals surface area contributed by atoms with Crippen molar-refractivity contribution in [2.45, 2.75) is 31.3 Å². The number of sulfonamides is 1. The van der Waals surface area contributed by atoms with E-state index >= 15 is 0 Å². The van der Waals surface area contributed by atoms with Crippen LogP contribution in [0.15, 0.2) is 53.4 Å². The number of carbonyl (C=O) groups excluding carboxylic acids is 2. The van der Waals surface area contributed by atoms with Gasteiger partial charge in [0.2, 0.25) is 15.9 Å². The molecule has 1 heterocycles. The average Bonchev–Trinajstić information content (AvgIpc) is 2.71. The second kappa shape index (κ2) is 8.34. The van der Waals surface area contributed by atoms with E-state index in [0.29, 0.717) is 18.7 Å². The molecule has 3 rings (SSSR count). The third-order valence-corrected chi connectivity index (χ3v) is 7.08. The van der Waals surface area contributed by atoms with Crippen molar-refractivity contribution < 1.29 is 18.0 Å². The molecule has 0 bridgehead atoms. The fraction of sp³-hybridized carbons (Fsp3) is 0.333. The summed E-state index contributed by atoms with van der Waals surface area (Å²) in [4.78, 5) is 26.3. The Kier molecular flexibility index (Phi) is 6.04. The number of nitrogens with one attached hydrogen (secondary N) is 1. The molecule has 2 amide bonds. The van der Waals surface area contributed by atoms with Crippen molar-refractivity contribution in [3.05, 3.63) is 65.2 Å². The van der Waals surface area contributed by atoms with Gasteiger partial charge in [-0.25, -0.2) is 8.42 Å². The van der Waals surface area contributed by atoms with Gasteiger partial charge >= 0.3 is 0 Å². The van der Waals surface area contributed by atoms with Gasteiger partial charge in [0.15, 0.2) is 0 Å². The van der Waals surface area contributed by atoms with Crippen molar-refractivity contribution in [1.29, 1.82) is 0 Å². The summed E-state index contributed by atoms with van der Waals surface area (Å²) in [6.45, 7) is 4.61. The Morgan fingerprint density at radius 1 is 1.14 bits per heavy atom. The molecule has 0 spiro atoms. The number of hydrogen-bond acceptors (Lipinski definition) is 4. The molecule has 1 aliphatic rings. The van der Waals surface area contributed by atoms with E-state index in [1.54, 1.807) is 11.8 Å². The standard InChI is InChI=1S/C21H25N3O4S/c1-15-5-4-6-17(13-15)14-23-11-12-24(16(2)21(23)26)29(27,28)19-9-7-18(8-10-19)20(25)22-3/h4-10,13,16H,11-12,14H2,1-3H3,(H,22,25). The molecular formula is C21H25N3O4S. The fourth-order valence-corrected chi connectivity index (χ4v) is 5.06. The first kappa shape index (κ1) is 21.0. The van der Waals surface area contributed by atoms with Crippen LogP contribution in [0, 0.1) is 6.92 Å². The first-order chi connectivity index (χ1) is 13.7. The first-order valence-electron chi connectivity index (χ1n) is 9.42. The highest BCUT2D eigenvalue weighted by atomic mass is 32.2. The lowest BCUT2D eigenvalue weighted by Crippen LogP contribution is -2.57. The number of carbonyl (C=O) groups is 2. The van der Waals surface area contributed by atoms with Gasteiger partial charge in [0.05, 0.1) is 4.90 Å². The molecule has 0 aliphatic carbocycles. The lowest BCUT2D eigenvalue weighted by Gasteiger charge is -2.38. The van der Waals surface area contributed by atoms with Gasteiger partial charge in [-0.15, -0.1) is 0 Å². The molecule has 1 unspecified atom stereocenters. The van der Waals surface area contributed by atoms with Crippen LogP contribution >= 0.6 is 0 Å². The van der Waals surface area contributed by atoms with Crippen LogP contribution in [0.4, 0.5) is 0 Å². The van der Waals surface area contributed by atoms with Crippen molar-refractivity contribution in [2.75, 3.05) is 20.1 Å². The van der Waals surface area contributed by atoms with Crippen molar-refractivity contribution in [1.82, 2.24) is 14.5 Å². The van der Waals surface area contributed by atoms with E-state index in [2.05, 4.69) is 5.32 Å². The topological polar surface area (TPSA) is 86.8 Å². The van der Waals surface area contributed by atoms with Gasteiger partial charge < -0.3 is 10.2 Å². The van der Waals surface area contributed by atoms with Crippen LogP contribution in [-0.2, 0) is 21.4 Å². The number of rotatable bonds is 5. The molecule has 1 N–H and O–H groups in total. The molecule has 1 saturated heterocycles. The summed E-state index contributed by atoms with van der Waals surface area (Å²) in [6, 6.07) is 12.9. The summed E-state index contributed by atoms with van der Waals surface area (Å²) in [6.07, 6.45) is 0. The Hall–Kier alpha value is -2.71. The van der Waals surface area contributed by atoms with Gasteiger partial charge in [-0.3, -0.25) is 9.59 Å². The van der Waals surface area contributed by atoms with Crippen LogP contribution < -0.4 is 5.32 Å². The Labute approximate surface area is 171 Å². The number of aryl methyl sites for hydroxylation is 1. The highest BCUT2D eigenvalue weighted by Gasteiger charge is 2.39.